The minimum atomic E-state index is -1.03. The van der Waals surface area contributed by atoms with Gasteiger partial charge in [0.2, 0.25) is 0 Å². The minimum Gasteiger partial charge on any atom is -0.477 e. The zero-order chi connectivity index (χ0) is 14.8. The average Bonchev–Trinajstić information content (AvgIpc) is 2.90. The first-order chi connectivity index (χ1) is 10.2. The van der Waals surface area contributed by atoms with E-state index < -0.39 is 5.97 Å². The van der Waals surface area contributed by atoms with Gasteiger partial charge in [0.15, 0.2) is 0 Å². The van der Waals surface area contributed by atoms with Crippen LogP contribution in [0.5, 0.6) is 0 Å². The van der Waals surface area contributed by atoms with Gasteiger partial charge in [-0.1, -0.05) is 53.7 Å². The lowest BCUT2D eigenvalue weighted by molar-refractivity contribution is 0.0696. The quantitative estimate of drug-likeness (QED) is 0.786. The van der Waals surface area contributed by atoms with E-state index in [0.29, 0.717) is 11.5 Å². The second kappa shape index (κ2) is 5.25. The molecule has 1 heterocycles. The van der Waals surface area contributed by atoms with Crippen LogP contribution in [0.2, 0.25) is 0 Å². The molecule has 0 unspecified atom stereocenters. The zero-order valence-corrected chi connectivity index (χ0v) is 11.4. The highest BCUT2D eigenvalue weighted by Crippen LogP contribution is 2.29. The summed E-state index contributed by atoms with van der Waals surface area (Å²) in [4.78, 5) is 11.3. The fourth-order valence-electron chi connectivity index (χ4n) is 2.30. The third-order valence-electron chi connectivity index (χ3n) is 3.32. The Labute approximate surface area is 121 Å². The first-order valence-corrected chi connectivity index (χ1v) is 6.52. The molecule has 0 aliphatic rings. The molecule has 1 N–H and O–H groups in total. The Morgan fingerprint density at radius 1 is 1.00 bits per heavy atom. The Balaban J connectivity index is 2.11. The fourth-order valence-corrected chi connectivity index (χ4v) is 2.30. The number of benzene rings is 2. The molecular formula is C17H13NO3. The van der Waals surface area contributed by atoms with Gasteiger partial charge in [-0.15, -0.1) is 0 Å². The van der Waals surface area contributed by atoms with Crippen molar-refractivity contribution in [2.45, 2.75) is 6.92 Å². The van der Waals surface area contributed by atoms with Gasteiger partial charge in [0.25, 0.3) is 0 Å². The molecule has 4 heteroatoms. The van der Waals surface area contributed by atoms with Gasteiger partial charge in [-0.05, 0) is 24.1 Å². The number of aromatic carboxylic acids is 1. The normalized spacial score (nSPS) is 10.5. The minimum absolute atomic E-state index is 0.111. The zero-order valence-electron chi connectivity index (χ0n) is 11.4. The molecule has 0 aliphatic heterocycles. The van der Waals surface area contributed by atoms with Crippen LogP contribution >= 0.6 is 0 Å². The second-order valence-electron chi connectivity index (χ2n) is 4.71. The van der Waals surface area contributed by atoms with Gasteiger partial charge in [-0.25, -0.2) is 4.79 Å². The van der Waals surface area contributed by atoms with Crippen molar-refractivity contribution in [3.63, 3.8) is 0 Å². The number of rotatable bonds is 3. The van der Waals surface area contributed by atoms with Crippen LogP contribution in [0, 0.1) is 6.92 Å². The van der Waals surface area contributed by atoms with E-state index in [1.807, 2.05) is 54.6 Å². The SMILES string of the molecule is Cc1onc(-c2cccc(-c3ccccc3)c2)c1C(=O)O. The summed E-state index contributed by atoms with van der Waals surface area (Å²) in [5, 5.41) is 13.2. The van der Waals surface area contributed by atoms with E-state index in [4.69, 9.17) is 4.52 Å². The molecule has 0 atom stereocenters. The van der Waals surface area contributed by atoms with Gasteiger partial charge in [0.1, 0.15) is 17.0 Å². The van der Waals surface area contributed by atoms with Crippen molar-refractivity contribution < 1.29 is 14.4 Å². The number of hydrogen-bond acceptors (Lipinski definition) is 3. The molecular weight excluding hydrogens is 266 g/mol. The van der Waals surface area contributed by atoms with Crippen molar-refractivity contribution in [3.05, 3.63) is 65.9 Å². The van der Waals surface area contributed by atoms with Crippen molar-refractivity contribution >= 4 is 5.97 Å². The lowest BCUT2D eigenvalue weighted by Gasteiger charge is -2.04. The maximum atomic E-state index is 11.3. The molecule has 0 saturated heterocycles. The monoisotopic (exact) mass is 279 g/mol. The predicted molar refractivity (Wildman–Crippen MR) is 79.1 cm³/mol. The molecule has 0 bridgehead atoms. The van der Waals surface area contributed by atoms with E-state index in [2.05, 4.69) is 5.16 Å². The number of aryl methyl sites for hydroxylation is 1. The standard InChI is InChI=1S/C17H13NO3/c1-11-15(17(19)20)16(18-21-11)14-9-5-8-13(10-14)12-6-3-2-4-7-12/h2-10H,1H3,(H,19,20). The van der Waals surface area contributed by atoms with Crippen LogP contribution in [0.4, 0.5) is 0 Å². The summed E-state index contributed by atoms with van der Waals surface area (Å²) in [6, 6.07) is 17.5. The van der Waals surface area contributed by atoms with Crippen LogP contribution in [0.25, 0.3) is 22.4 Å². The lowest BCUT2D eigenvalue weighted by Crippen LogP contribution is -1.99. The van der Waals surface area contributed by atoms with Crippen LogP contribution < -0.4 is 0 Å². The summed E-state index contributed by atoms with van der Waals surface area (Å²) in [6.45, 7) is 1.60. The Hall–Kier alpha value is -2.88. The van der Waals surface area contributed by atoms with Gasteiger partial charge in [-0.3, -0.25) is 0 Å². The predicted octanol–water partition coefficient (Wildman–Crippen LogP) is 4.02. The average molecular weight is 279 g/mol. The van der Waals surface area contributed by atoms with E-state index >= 15 is 0 Å². The molecule has 1 aromatic heterocycles. The van der Waals surface area contributed by atoms with E-state index in [1.54, 1.807) is 6.92 Å². The molecule has 0 saturated carbocycles. The second-order valence-corrected chi connectivity index (χ2v) is 4.71. The Bertz CT molecular complexity index is 791. The summed E-state index contributed by atoms with van der Waals surface area (Å²) >= 11 is 0. The summed E-state index contributed by atoms with van der Waals surface area (Å²) < 4.78 is 5.03. The Kier molecular flexibility index (Phi) is 3.28. The third-order valence-corrected chi connectivity index (χ3v) is 3.32. The third kappa shape index (κ3) is 2.43. The molecule has 0 amide bonds. The lowest BCUT2D eigenvalue weighted by atomic mass is 10.00. The number of aromatic nitrogens is 1. The smallest absolute Gasteiger partial charge is 0.341 e. The van der Waals surface area contributed by atoms with Crippen molar-refractivity contribution in [2.75, 3.05) is 0 Å². The van der Waals surface area contributed by atoms with Crippen LogP contribution in [0.15, 0.2) is 59.1 Å². The molecule has 0 radical (unpaired) electrons. The molecule has 21 heavy (non-hydrogen) atoms. The van der Waals surface area contributed by atoms with Crippen molar-refractivity contribution in [3.8, 4) is 22.4 Å². The number of carbonyl (C=O) groups is 1. The maximum Gasteiger partial charge on any atom is 0.341 e. The first kappa shape index (κ1) is 13.1. The number of carboxylic acid groups (broad SMARTS) is 1. The molecule has 104 valence electrons. The van der Waals surface area contributed by atoms with Crippen LogP contribution in [-0.2, 0) is 0 Å². The highest BCUT2D eigenvalue weighted by Gasteiger charge is 2.20. The van der Waals surface area contributed by atoms with E-state index in [-0.39, 0.29) is 5.56 Å². The largest absolute Gasteiger partial charge is 0.477 e. The van der Waals surface area contributed by atoms with Crippen LogP contribution in [-0.4, -0.2) is 16.2 Å². The Morgan fingerprint density at radius 3 is 2.38 bits per heavy atom. The van der Waals surface area contributed by atoms with Crippen molar-refractivity contribution in [2.24, 2.45) is 0 Å². The van der Waals surface area contributed by atoms with Gasteiger partial charge >= 0.3 is 5.97 Å². The van der Waals surface area contributed by atoms with Gasteiger partial charge < -0.3 is 9.63 Å². The fraction of sp³-hybridized carbons (Fsp3) is 0.0588. The van der Waals surface area contributed by atoms with Crippen molar-refractivity contribution in [1.82, 2.24) is 5.16 Å². The molecule has 4 nitrogen and oxygen atoms in total. The number of nitrogens with zero attached hydrogens (tertiary/aromatic N) is 1. The topological polar surface area (TPSA) is 63.3 Å². The van der Waals surface area contributed by atoms with Crippen LogP contribution in [0.1, 0.15) is 16.1 Å². The maximum absolute atomic E-state index is 11.3. The summed E-state index contributed by atoms with van der Waals surface area (Å²) in [7, 11) is 0. The highest BCUT2D eigenvalue weighted by molar-refractivity contribution is 5.96. The first-order valence-electron chi connectivity index (χ1n) is 6.52. The number of carboxylic acids is 1. The van der Waals surface area contributed by atoms with E-state index in [9.17, 15) is 9.90 Å². The molecule has 3 aromatic rings. The van der Waals surface area contributed by atoms with E-state index in [0.717, 1.165) is 16.7 Å². The Morgan fingerprint density at radius 2 is 1.67 bits per heavy atom. The highest BCUT2D eigenvalue weighted by atomic mass is 16.5. The summed E-state index contributed by atoms with van der Waals surface area (Å²) in [5.74, 6) is -0.725. The molecule has 0 spiro atoms. The van der Waals surface area contributed by atoms with Gasteiger partial charge in [0.05, 0.1) is 0 Å². The van der Waals surface area contributed by atoms with E-state index in [1.165, 1.54) is 0 Å². The number of hydrogen-bond donors (Lipinski definition) is 1. The van der Waals surface area contributed by atoms with Crippen molar-refractivity contribution in [1.29, 1.82) is 0 Å². The summed E-state index contributed by atoms with van der Waals surface area (Å²) in [6.07, 6.45) is 0. The molecule has 2 aromatic carbocycles. The van der Waals surface area contributed by atoms with Gasteiger partial charge in [0, 0.05) is 5.56 Å². The molecule has 3 rings (SSSR count). The summed E-state index contributed by atoms with van der Waals surface area (Å²) in [5.41, 5.74) is 3.27. The van der Waals surface area contributed by atoms with Gasteiger partial charge in [-0.2, -0.15) is 0 Å². The van der Waals surface area contributed by atoms with Crippen LogP contribution in [0.3, 0.4) is 0 Å². The molecule has 0 fully saturated rings. The molecule has 0 aliphatic carbocycles.